The quantitative estimate of drug-likeness (QED) is 0.690. The molecule has 6 nitrogen and oxygen atoms in total. The molecule has 28 heavy (non-hydrogen) atoms. The molecule has 2 aromatic carbocycles. The van der Waals surface area contributed by atoms with Crippen LogP contribution in [-0.2, 0) is 16.4 Å². The van der Waals surface area contributed by atoms with Gasteiger partial charge in [-0.15, -0.1) is 0 Å². The minimum absolute atomic E-state index is 0.213. The molecular weight excluding hydrogens is 376 g/mol. The summed E-state index contributed by atoms with van der Waals surface area (Å²) in [7, 11) is -3.29. The lowest BCUT2D eigenvalue weighted by atomic mass is 10.0. The van der Waals surface area contributed by atoms with Crippen molar-refractivity contribution in [1.29, 1.82) is 0 Å². The Bertz CT molecular complexity index is 1140. The molecule has 0 fully saturated rings. The summed E-state index contributed by atoms with van der Waals surface area (Å²) < 4.78 is 29.1. The number of amides is 1. The average molecular weight is 396 g/mol. The summed E-state index contributed by atoms with van der Waals surface area (Å²) in [6, 6.07) is 15.5. The maximum absolute atomic E-state index is 11.7. The molecule has 2 N–H and O–H groups in total. The third kappa shape index (κ3) is 4.55. The van der Waals surface area contributed by atoms with Crippen LogP contribution in [0, 0.1) is 6.92 Å². The number of carbonyl (C=O) groups is 1. The number of aryl methyl sites for hydroxylation is 1. The van der Waals surface area contributed by atoms with Crippen molar-refractivity contribution in [2.75, 3.05) is 6.26 Å². The van der Waals surface area contributed by atoms with E-state index >= 15 is 0 Å². The van der Waals surface area contributed by atoms with Crippen LogP contribution in [0.25, 0.3) is 11.3 Å². The van der Waals surface area contributed by atoms with Crippen molar-refractivity contribution in [3.05, 3.63) is 77.5 Å². The van der Waals surface area contributed by atoms with E-state index in [4.69, 9.17) is 10.5 Å². The molecule has 0 aliphatic carbocycles. The molecule has 0 saturated carbocycles. The number of hydrogen-bond donors (Lipinski definition) is 1. The van der Waals surface area contributed by atoms with E-state index in [1.54, 1.807) is 30.5 Å². The van der Waals surface area contributed by atoms with Crippen molar-refractivity contribution in [2.24, 2.45) is 5.73 Å². The smallest absolute Gasteiger partial charge is 0.248 e. The van der Waals surface area contributed by atoms with Crippen molar-refractivity contribution in [3.8, 4) is 17.0 Å². The number of hydrogen-bond acceptors (Lipinski definition) is 5. The fourth-order valence-electron chi connectivity index (χ4n) is 2.78. The molecule has 1 heterocycles. The average Bonchev–Trinajstić information content (AvgIpc) is 2.66. The first-order valence-electron chi connectivity index (χ1n) is 8.53. The van der Waals surface area contributed by atoms with Gasteiger partial charge in [-0.3, -0.25) is 9.78 Å². The number of carbonyl (C=O) groups excluding carboxylic acids is 1. The summed E-state index contributed by atoms with van der Waals surface area (Å²) in [6.07, 6.45) is 2.84. The molecule has 0 spiro atoms. The largest absolute Gasteiger partial charge is 0.489 e. The van der Waals surface area contributed by atoms with Gasteiger partial charge in [-0.1, -0.05) is 12.1 Å². The first-order chi connectivity index (χ1) is 13.2. The molecule has 0 saturated heterocycles. The van der Waals surface area contributed by atoms with E-state index in [0.717, 1.165) is 28.6 Å². The lowest BCUT2D eigenvalue weighted by molar-refractivity contribution is 0.0999. The zero-order valence-corrected chi connectivity index (χ0v) is 16.4. The Kier molecular flexibility index (Phi) is 5.46. The summed E-state index contributed by atoms with van der Waals surface area (Å²) in [5, 5.41) is 0. The summed E-state index contributed by atoms with van der Waals surface area (Å²) in [6.45, 7) is 2.09. The highest BCUT2D eigenvalue weighted by Gasteiger charge is 2.10. The second-order valence-electron chi connectivity index (χ2n) is 6.48. The van der Waals surface area contributed by atoms with Gasteiger partial charge in [-0.05, 0) is 60.5 Å². The summed E-state index contributed by atoms with van der Waals surface area (Å²) in [4.78, 5) is 16.0. The van der Waals surface area contributed by atoms with Gasteiger partial charge in [0, 0.05) is 23.6 Å². The Balaban J connectivity index is 1.79. The number of nitrogens with zero attached hydrogens (tertiary/aromatic N) is 1. The molecule has 3 rings (SSSR count). The Labute approximate surface area is 163 Å². The van der Waals surface area contributed by atoms with Crippen LogP contribution in [0.4, 0.5) is 0 Å². The van der Waals surface area contributed by atoms with E-state index < -0.39 is 15.7 Å². The van der Waals surface area contributed by atoms with Gasteiger partial charge in [0.2, 0.25) is 5.91 Å². The van der Waals surface area contributed by atoms with Crippen LogP contribution in [-0.4, -0.2) is 25.6 Å². The Morgan fingerprint density at radius 1 is 1.11 bits per heavy atom. The number of sulfone groups is 1. The highest BCUT2D eigenvalue weighted by molar-refractivity contribution is 7.90. The van der Waals surface area contributed by atoms with Crippen molar-refractivity contribution in [1.82, 2.24) is 4.98 Å². The molecule has 0 atom stereocenters. The van der Waals surface area contributed by atoms with Crippen LogP contribution in [0.3, 0.4) is 0 Å². The van der Waals surface area contributed by atoms with Crippen LogP contribution >= 0.6 is 0 Å². The van der Waals surface area contributed by atoms with E-state index in [-0.39, 0.29) is 11.5 Å². The standard InChI is InChI=1S/C21H20N2O4S/c1-14-10-16(6-7-19(14)21(22)24)20-11-15(8-9-23-20)13-27-17-4-3-5-18(12-17)28(2,25)26/h3-12H,13H2,1-2H3,(H2,22,24). The lowest BCUT2D eigenvalue weighted by Crippen LogP contribution is -2.12. The number of rotatable bonds is 6. The summed E-state index contributed by atoms with van der Waals surface area (Å²) in [5.41, 5.74) is 9.10. The second-order valence-corrected chi connectivity index (χ2v) is 8.49. The highest BCUT2D eigenvalue weighted by Crippen LogP contribution is 2.23. The Hall–Kier alpha value is -3.19. The number of aromatic nitrogens is 1. The van der Waals surface area contributed by atoms with Gasteiger partial charge in [0.15, 0.2) is 9.84 Å². The van der Waals surface area contributed by atoms with Gasteiger partial charge in [-0.25, -0.2) is 8.42 Å². The fraction of sp³-hybridized carbons (Fsp3) is 0.143. The zero-order chi connectivity index (χ0) is 20.3. The number of ether oxygens (including phenoxy) is 1. The van der Waals surface area contributed by atoms with Gasteiger partial charge in [0.1, 0.15) is 12.4 Å². The monoisotopic (exact) mass is 396 g/mol. The second kappa shape index (κ2) is 7.82. The van der Waals surface area contributed by atoms with E-state index in [2.05, 4.69) is 4.98 Å². The predicted octanol–water partition coefficient (Wildman–Crippen LogP) is 3.14. The minimum Gasteiger partial charge on any atom is -0.489 e. The Morgan fingerprint density at radius 2 is 1.89 bits per heavy atom. The molecule has 1 aromatic heterocycles. The molecule has 1 amide bonds. The molecule has 0 aliphatic heterocycles. The molecule has 0 unspecified atom stereocenters. The van der Waals surface area contributed by atoms with E-state index in [1.807, 2.05) is 25.1 Å². The molecule has 0 bridgehead atoms. The van der Waals surface area contributed by atoms with Crippen molar-refractivity contribution in [2.45, 2.75) is 18.4 Å². The van der Waals surface area contributed by atoms with Gasteiger partial charge in [-0.2, -0.15) is 0 Å². The lowest BCUT2D eigenvalue weighted by Gasteiger charge is -2.10. The third-order valence-electron chi connectivity index (χ3n) is 4.25. The molecule has 0 aliphatic rings. The highest BCUT2D eigenvalue weighted by atomic mass is 32.2. The number of pyridine rings is 1. The number of primary amides is 1. The van der Waals surface area contributed by atoms with Gasteiger partial charge < -0.3 is 10.5 Å². The van der Waals surface area contributed by atoms with Crippen LogP contribution in [0.2, 0.25) is 0 Å². The van der Waals surface area contributed by atoms with Crippen LogP contribution < -0.4 is 10.5 Å². The minimum atomic E-state index is -3.29. The third-order valence-corrected chi connectivity index (χ3v) is 5.36. The maximum Gasteiger partial charge on any atom is 0.248 e. The van der Waals surface area contributed by atoms with Crippen molar-refractivity contribution >= 4 is 15.7 Å². The number of benzene rings is 2. The van der Waals surface area contributed by atoms with E-state index in [0.29, 0.717) is 11.3 Å². The molecule has 0 radical (unpaired) electrons. The molecule has 7 heteroatoms. The summed E-state index contributed by atoms with van der Waals surface area (Å²) in [5.74, 6) is 0.0124. The van der Waals surface area contributed by atoms with Gasteiger partial charge in [0.05, 0.1) is 10.6 Å². The molecule has 144 valence electrons. The molecular formula is C21H20N2O4S. The van der Waals surface area contributed by atoms with Crippen molar-refractivity contribution in [3.63, 3.8) is 0 Å². The predicted molar refractivity (Wildman–Crippen MR) is 107 cm³/mol. The van der Waals surface area contributed by atoms with Crippen LogP contribution in [0.1, 0.15) is 21.5 Å². The first kappa shape index (κ1) is 19.6. The first-order valence-corrected chi connectivity index (χ1v) is 10.4. The van der Waals surface area contributed by atoms with E-state index in [9.17, 15) is 13.2 Å². The Morgan fingerprint density at radius 3 is 2.57 bits per heavy atom. The SMILES string of the molecule is Cc1cc(-c2cc(COc3cccc(S(C)(=O)=O)c3)ccn2)ccc1C(N)=O. The number of nitrogens with two attached hydrogens (primary N) is 1. The van der Waals surface area contributed by atoms with Gasteiger partial charge in [0.25, 0.3) is 0 Å². The summed E-state index contributed by atoms with van der Waals surface area (Å²) >= 11 is 0. The fourth-order valence-corrected chi connectivity index (χ4v) is 3.44. The van der Waals surface area contributed by atoms with Gasteiger partial charge >= 0.3 is 0 Å². The topological polar surface area (TPSA) is 99.3 Å². The zero-order valence-electron chi connectivity index (χ0n) is 15.5. The molecule has 3 aromatic rings. The maximum atomic E-state index is 11.7. The van der Waals surface area contributed by atoms with Crippen LogP contribution in [0.15, 0.2) is 65.7 Å². The van der Waals surface area contributed by atoms with E-state index in [1.165, 1.54) is 12.1 Å². The van der Waals surface area contributed by atoms with Crippen LogP contribution in [0.5, 0.6) is 5.75 Å². The van der Waals surface area contributed by atoms with Crippen molar-refractivity contribution < 1.29 is 17.9 Å². The normalized spacial score (nSPS) is 11.2.